The van der Waals surface area contributed by atoms with Crippen LogP contribution in [-0.4, -0.2) is 45.9 Å². The van der Waals surface area contributed by atoms with Gasteiger partial charge in [0, 0.05) is 42.2 Å². The van der Waals surface area contributed by atoms with Crippen molar-refractivity contribution in [3.63, 3.8) is 0 Å². The molecular formula is C23H24N6OS. The van der Waals surface area contributed by atoms with E-state index in [9.17, 15) is 4.79 Å². The van der Waals surface area contributed by atoms with Gasteiger partial charge in [-0.1, -0.05) is 24.3 Å². The van der Waals surface area contributed by atoms with Crippen LogP contribution in [-0.2, 0) is 6.54 Å². The van der Waals surface area contributed by atoms with Crippen molar-refractivity contribution in [1.82, 2.24) is 25.6 Å². The summed E-state index contributed by atoms with van der Waals surface area (Å²) in [6.07, 6.45) is 5.96. The molecule has 5 rings (SSSR count). The Hall–Kier alpha value is -2.97. The molecule has 2 N–H and O–H groups in total. The van der Waals surface area contributed by atoms with Gasteiger partial charge in [-0.3, -0.25) is 9.78 Å². The lowest BCUT2D eigenvalue weighted by Gasteiger charge is -2.33. The summed E-state index contributed by atoms with van der Waals surface area (Å²) in [7, 11) is 0. The third kappa shape index (κ3) is 4.86. The van der Waals surface area contributed by atoms with E-state index in [4.69, 9.17) is 9.97 Å². The number of nitrogens with one attached hydrogen (secondary N) is 2. The average molecular weight is 433 g/mol. The predicted octanol–water partition coefficient (Wildman–Crippen LogP) is 3.58. The summed E-state index contributed by atoms with van der Waals surface area (Å²) in [5, 5.41) is 7.62. The number of carbonyl (C=O) groups is 1. The van der Waals surface area contributed by atoms with Crippen LogP contribution in [0.4, 0.5) is 10.7 Å². The zero-order valence-electron chi connectivity index (χ0n) is 17.1. The van der Waals surface area contributed by atoms with Gasteiger partial charge in [-0.05, 0) is 48.9 Å². The monoisotopic (exact) mass is 432 g/mol. The number of carbonyl (C=O) groups excluding carboxylic acids is 1. The average Bonchev–Trinajstić information content (AvgIpc) is 3.22. The molecule has 3 aromatic rings. The second kappa shape index (κ2) is 9.03. The maximum Gasteiger partial charge on any atom is 0.283 e. The van der Waals surface area contributed by atoms with Crippen molar-refractivity contribution in [2.45, 2.75) is 25.4 Å². The molecule has 4 heterocycles. The standard InChI is InChI=1S/C23H24N6OS/c30-23-26-14-20(31-23)12-17-9-10-24-22(28-17)29-11-3-5-19(15-29)25-13-18-8-7-16-4-1-2-6-21(16)27-18/h1-2,4,6-10,12,19,25H,3,5,11,13-15H2,(H,26,30). The van der Waals surface area contributed by atoms with Gasteiger partial charge in [-0.15, -0.1) is 0 Å². The Kier molecular flexibility index (Phi) is 5.82. The van der Waals surface area contributed by atoms with E-state index in [-0.39, 0.29) is 5.24 Å². The van der Waals surface area contributed by atoms with Crippen LogP contribution in [0.15, 0.2) is 53.6 Å². The Balaban J connectivity index is 1.23. The van der Waals surface area contributed by atoms with Gasteiger partial charge in [-0.2, -0.15) is 0 Å². The number of piperidine rings is 1. The molecule has 0 saturated carbocycles. The fourth-order valence-electron chi connectivity index (χ4n) is 3.97. The number of amides is 1. The van der Waals surface area contributed by atoms with Gasteiger partial charge in [0.2, 0.25) is 5.95 Å². The van der Waals surface area contributed by atoms with Crippen molar-refractivity contribution >= 4 is 39.9 Å². The molecule has 31 heavy (non-hydrogen) atoms. The van der Waals surface area contributed by atoms with Crippen molar-refractivity contribution in [3.8, 4) is 0 Å². The van der Waals surface area contributed by atoms with E-state index < -0.39 is 0 Å². The van der Waals surface area contributed by atoms with Crippen LogP contribution < -0.4 is 15.5 Å². The van der Waals surface area contributed by atoms with Gasteiger partial charge >= 0.3 is 0 Å². The molecule has 1 amide bonds. The smallest absolute Gasteiger partial charge is 0.283 e. The van der Waals surface area contributed by atoms with Crippen molar-refractivity contribution in [3.05, 3.63) is 65.0 Å². The van der Waals surface area contributed by atoms with E-state index >= 15 is 0 Å². The zero-order chi connectivity index (χ0) is 21.0. The number of para-hydroxylation sites is 1. The lowest BCUT2D eigenvalue weighted by Crippen LogP contribution is -2.46. The van der Waals surface area contributed by atoms with E-state index in [0.717, 1.165) is 60.2 Å². The summed E-state index contributed by atoms with van der Waals surface area (Å²) in [6.45, 7) is 3.12. The maximum atomic E-state index is 11.4. The molecule has 0 bridgehead atoms. The first kappa shape index (κ1) is 20.0. The molecule has 2 aromatic heterocycles. The SMILES string of the molecule is O=C1NCC(=Cc2ccnc(N3CCCC(NCc4ccc5ccccc5n4)C3)n2)S1. The molecule has 2 saturated heterocycles. The fourth-order valence-corrected chi connectivity index (χ4v) is 4.68. The van der Waals surface area contributed by atoms with E-state index in [0.29, 0.717) is 12.6 Å². The second-order valence-corrected chi connectivity index (χ2v) is 8.90. The minimum absolute atomic E-state index is 0.00798. The number of benzene rings is 1. The third-order valence-electron chi connectivity index (χ3n) is 5.54. The molecule has 0 spiro atoms. The second-order valence-electron chi connectivity index (χ2n) is 7.80. The number of aromatic nitrogens is 3. The van der Waals surface area contributed by atoms with Crippen LogP contribution in [0.1, 0.15) is 24.2 Å². The highest BCUT2D eigenvalue weighted by Crippen LogP contribution is 2.24. The molecule has 0 aliphatic carbocycles. The molecule has 7 nitrogen and oxygen atoms in total. The first-order valence-electron chi connectivity index (χ1n) is 10.6. The molecule has 8 heteroatoms. The summed E-state index contributed by atoms with van der Waals surface area (Å²) in [5.41, 5.74) is 2.92. The van der Waals surface area contributed by atoms with Crippen molar-refractivity contribution in [2.75, 3.05) is 24.5 Å². The summed E-state index contributed by atoms with van der Waals surface area (Å²) in [5.74, 6) is 0.743. The Labute approximate surface area is 185 Å². The quantitative estimate of drug-likeness (QED) is 0.638. The van der Waals surface area contributed by atoms with Crippen LogP contribution in [0.3, 0.4) is 0 Å². The number of rotatable bonds is 5. The summed E-state index contributed by atoms with van der Waals surface area (Å²) < 4.78 is 0. The number of thioether (sulfide) groups is 1. The Bertz CT molecular complexity index is 1130. The Morgan fingerprint density at radius 1 is 1.19 bits per heavy atom. The molecule has 158 valence electrons. The molecule has 2 aliphatic rings. The number of hydrogen-bond acceptors (Lipinski definition) is 7. The van der Waals surface area contributed by atoms with Crippen molar-refractivity contribution in [1.29, 1.82) is 0 Å². The fraction of sp³-hybridized carbons (Fsp3) is 0.304. The van der Waals surface area contributed by atoms with Crippen LogP contribution >= 0.6 is 11.8 Å². The largest absolute Gasteiger partial charge is 0.342 e. The molecule has 1 atom stereocenters. The summed E-state index contributed by atoms with van der Waals surface area (Å²) in [6, 6.07) is 14.7. The number of pyridine rings is 1. The summed E-state index contributed by atoms with van der Waals surface area (Å²) >= 11 is 1.23. The Morgan fingerprint density at radius 3 is 3.03 bits per heavy atom. The molecule has 1 unspecified atom stereocenters. The van der Waals surface area contributed by atoms with E-state index in [1.54, 1.807) is 6.20 Å². The lowest BCUT2D eigenvalue weighted by atomic mass is 10.1. The van der Waals surface area contributed by atoms with Crippen LogP contribution in [0.25, 0.3) is 17.0 Å². The lowest BCUT2D eigenvalue weighted by molar-refractivity contribution is 0.262. The van der Waals surface area contributed by atoms with Crippen LogP contribution in [0, 0.1) is 0 Å². The summed E-state index contributed by atoms with van der Waals surface area (Å²) in [4.78, 5) is 28.6. The number of anilines is 1. The van der Waals surface area contributed by atoms with E-state index in [2.05, 4.69) is 44.8 Å². The van der Waals surface area contributed by atoms with Gasteiger partial charge in [0.15, 0.2) is 0 Å². The molecule has 2 aliphatic heterocycles. The minimum Gasteiger partial charge on any atom is -0.342 e. The van der Waals surface area contributed by atoms with Crippen LogP contribution in [0.2, 0.25) is 0 Å². The minimum atomic E-state index is -0.00798. The normalized spacial score (nSPS) is 20.4. The van der Waals surface area contributed by atoms with Gasteiger partial charge < -0.3 is 15.5 Å². The van der Waals surface area contributed by atoms with Crippen molar-refractivity contribution in [2.24, 2.45) is 0 Å². The van der Waals surface area contributed by atoms with Gasteiger partial charge in [0.1, 0.15) is 0 Å². The first-order chi connectivity index (χ1) is 15.2. The van der Waals surface area contributed by atoms with Gasteiger partial charge in [0.25, 0.3) is 5.24 Å². The zero-order valence-corrected chi connectivity index (χ0v) is 17.9. The van der Waals surface area contributed by atoms with E-state index in [1.807, 2.05) is 24.3 Å². The predicted molar refractivity (Wildman–Crippen MR) is 125 cm³/mol. The molecule has 1 aromatic carbocycles. The van der Waals surface area contributed by atoms with Gasteiger partial charge in [-0.25, -0.2) is 9.97 Å². The highest BCUT2D eigenvalue weighted by atomic mass is 32.2. The Morgan fingerprint density at radius 2 is 2.13 bits per heavy atom. The number of fused-ring (bicyclic) bond motifs is 1. The molecule has 2 fully saturated rings. The molecular weight excluding hydrogens is 408 g/mol. The number of hydrogen-bond donors (Lipinski definition) is 2. The first-order valence-corrected chi connectivity index (χ1v) is 11.4. The highest BCUT2D eigenvalue weighted by Gasteiger charge is 2.22. The number of nitrogens with zero attached hydrogens (tertiary/aromatic N) is 4. The van der Waals surface area contributed by atoms with Gasteiger partial charge in [0.05, 0.1) is 23.4 Å². The van der Waals surface area contributed by atoms with Crippen LogP contribution in [0.5, 0.6) is 0 Å². The van der Waals surface area contributed by atoms with Crippen molar-refractivity contribution < 1.29 is 4.79 Å². The maximum absolute atomic E-state index is 11.4. The topological polar surface area (TPSA) is 83.0 Å². The van der Waals surface area contributed by atoms with E-state index in [1.165, 1.54) is 17.1 Å². The highest BCUT2D eigenvalue weighted by molar-refractivity contribution is 8.17. The third-order valence-corrected chi connectivity index (χ3v) is 6.39. The molecule has 0 radical (unpaired) electrons.